The van der Waals surface area contributed by atoms with Crippen molar-refractivity contribution in [3.8, 4) is 90.3 Å². The lowest BCUT2D eigenvalue weighted by molar-refractivity contribution is -0.157. The zero-order valence-corrected chi connectivity index (χ0v) is 63.4. The van der Waals surface area contributed by atoms with Crippen molar-refractivity contribution in [1.29, 1.82) is 0 Å². The molecular weight excluding hydrogens is 1490 g/mol. The fraction of sp³-hybridized carbons (Fsp3) is 0.205. The maximum absolute atomic E-state index is 10.4. The number of carbonyl (C=O) groups is 2. The fourth-order valence-corrected chi connectivity index (χ4v) is 11.8. The summed E-state index contributed by atoms with van der Waals surface area (Å²) in [6.07, 6.45) is 10.2. The van der Waals surface area contributed by atoms with Crippen LogP contribution in [0.2, 0.25) is 0 Å². The van der Waals surface area contributed by atoms with E-state index in [0.29, 0.717) is 22.8 Å². The number of nitrogen functional groups attached to an aromatic ring is 4. The third-order valence-electron chi connectivity index (χ3n) is 15.9. The first-order valence-corrected chi connectivity index (χ1v) is 34.6. The lowest BCUT2D eigenvalue weighted by Gasteiger charge is -2.25. The molecule has 548 valence electrons. The number of benzene rings is 6. The van der Waals surface area contributed by atoms with Crippen LogP contribution < -0.4 is 28.7 Å². The van der Waals surface area contributed by atoms with Crippen LogP contribution in [-0.2, 0) is 34.7 Å². The van der Waals surface area contributed by atoms with Crippen molar-refractivity contribution in [3.63, 3.8) is 0 Å². The molecule has 0 spiro atoms. The van der Waals surface area contributed by atoms with Crippen LogP contribution in [0.3, 0.4) is 0 Å². The predicted molar refractivity (Wildman–Crippen MR) is 417 cm³/mol. The van der Waals surface area contributed by atoms with Gasteiger partial charge in [-0.15, -0.1) is 0 Å². The summed E-state index contributed by atoms with van der Waals surface area (Å²) in [5.74, 6) is 1.65. The molecule has 0 bridgehead atoms. The number of hydrogen-bond donors (Lipinski definition) is 6. The molecule has 14 rings (SSSR count). The summed E-state index contributed by atoms with van der Waals surface area (Å²) in [5.41, 5.74) is 43.2. The van der Waals surface area contributed by atoms with Gasteiger partial charge in [0.1, 0.15) is 17.5 Å². The van der Waals surface area contributed by atoms with E-state index in [-0.39, 0.29) is 52.2 Å². The Hall–Kier alpha value is -11.4. The van der Waals surface area contributed by atoms with E-state index in [9.17, 15) is 14.8 Å². The van der Waals surface area contributed by atoms with Crippen LogP contribution in [0.5, 0.6) is 0 Å². The molecule has 34 heteroatoms. The Balaban J connectivity index is 0.000000150. The van der Waals surface area contributed by atoms with Gasteiger partial charge in [-0.3, -0.25) is 4.79 Å². The number of halogens is 6. The van der Waals surface area contributed by atoms with Gasteiger partial charge in [-0.05, 0) is 115 Å². The van der Waals surface area contributed by atoms with Crippen LogP contribution in [0.15, 0.2) is 179 Å². The number of anilines is 4. The van der Waals surface area contributed by atoms with Crippen molar-refractivity contribution in [1.82, 2.24) is 78.8 Å². The molecule has 0 unspecified atom stereocenters. The Morgan fingerprint density at radius 1 is 0.449 bits per heavy atom. The van der Waals surface area contributed by atoms with Gasteiger partial charge in [0.05, 0.1) is 33.1 Å². The lowest BCUT2D eigenvalue weighted by atomic mass is 10.0. The summed E-state index contributed by atoms with van der Waals surface area (Å²) in [4.78, 5) is 68.6. The van der Waals surface area contributed by atoms with Crippen molar-refractivity contribution in [2.24, 2.45) is 10.9 Å². The number of fused-ring (bicyclic) bond motifs is 3. The molecule has 6 aromatic carbocycles. The number of carbonyl (C=O) groups excluding carboxylic acids is 2. The van der Waals surface area contributed by atoms with E-state index in [0.717, 1.165) is 113 Å². The molecule has 0 aliphatic rings. The molecule has 0 saturated carbocycles. The number of rotatable bonds is 9. The minimum absolute atomic E-state index is 0.0227. The van der Waals surface area contributed by atoms with Gasteiger partial charge in [0.25, 0.3) is 13.5 Å². The molecule has 11 N–H and O–H groups in total. The maximum Gasteiger partial charge on any atom is 0.366 e. The Kier molecular flexibility index (Phi) is 21.9. The average molecular weight is 1560 g/mol. The maximum atomic E-state index is 10.4. The van der Waals surface area contributed by atoms with E-state index < -0.39 is 19.5 Å². The summed E-state index contributed by atoms with van der Waals surface area (Å²) in [5, 5.41) is 20.5. The molecule has 0 aliphatic heterocycles. The van der Waals surface area contributed by atoms with Crippen LogP contribution in [0.4, 0.5) is 23.9 Å². The highest BCUT2D eigenvalue weighted by Crippen LogP contribution is 2.43. The Morgan fingerprint density at radius 2 is 0.785 bits per heavy atom. The van der Waals surface area contributed by atoms with Crippen LogP contribution in [0.25, 0.3) is 123 Å². The summed E-state index contributed by atoms with van der Waals surface area (Å²) < 4.78 is 16.7. The van der Waals surface area contributed by atoms with E-state index in [1.54, 1.807) is 37.2 Å². The highest BCUT2D eigenvalue weighted by Gasteiger charge is 2.35. The Morgan fingerprint density at radius 3 is 1.09 bits per heavy atom. The standard InChI is InChI=1S/C24H20Cl3N7O.C23H22N8O.C22H23N7O.C4H3Cl3O3/c1-23(2,3)34-18-9-8-13(14-11-29-22(28)30-12-14)10-17(18)31-20(34)16-7-5-4-6-15(16)19-32-21(35-33-19)24(25,26)27;1-23(2,3)31-18-9-8-13(14-11-26-21(24)27-12-14)10-17(18)28-20(31)16-7-5-4-6-15(16)19-29-22(25)32-30-19;1-22(2,3)29-18-9-8-13(14-11-25-21(24)26-12-14)10-17(18)27-20(29)16-7-5-4-6-15(16)19(23)28-30;1-2(8)10-3(9)4(5,6)7/h4-12H,1-3H3,(H2,28,29,30);4-12H,1-3H3,(H2,24,26,27)(H2,25,29,30);4-12,30H,1-3H3,(H2,23,28)(H2,24,25,26);1H3. The minimum Gasteiger partial charge on any atom is -0.409 e. The number of imidazole rings is 3. The van der Waals surface area contributed by atoms with Gasteiger partial charge < -0.3 is 61.4 Å². The van der Waals surface area contributed by atoms with Crippen molar-refractivity contribution < 1.29 is 28.6 Å². The number of amidine groups is 1. The first-order chi connectivity index (χ1) is 50.5. The average Bonchev–Trinajstić information content (AvgIpc) is 1.62. The molecule has 107 heavy (non-hydrogen) atoms. The summed E-state index contributed by atoms with van der Waals surface area (Å²) >= 11 is 32.9. The Labute approximate surface area is 641 Å². The minimum atomic E-state index is -2.17. The van der Waals surface area contributed by atoms with Gasteiger partial charge in [-0.1, -0.05) is 176 Å². The van der Waals surface area contributed by atoms with Crippen molar-refractivity contribution in [3.05, 3.63) is 176 Å². The van der Waals surface area contributed by atoms with E-state index in [1.165, 1.54) is 0 Å². The van der Waals surface area contributed by atoms with Crippen LogP contribution >= 0.6 is 69.6 Å². The summed E-state index contributed by atoms with van der Waals surface area (Å²) in [7, 11) is 0. The number of ether oxygens (including phenoxy) is 1. The number of nitrogens with zero attached hydrogens (tertiary/aromatic N) is 17. The zero-order valence-electron chi connectivity index (χ0n) is 58.8. The van der Waals surface area contributed by atoms with E-state index >= 15 is 0 Å². The molecule has 28 nitrogen and oxygen atoms in total. The second-order valence-corrected chi connectivity index (χ2v) is 31.4. The monoisotopic (exact) mass is 1560 g/mol. The van der Waals surface area contributed by atoms with E-state index in [4.69, 9.17) is 122 Å². The Bertz CT molecular complexity index is 5630. The third-order valence-corrected chi connectivity index (χ3v) is 16.9. The first-order valence-electron chi connectivity index (χ1n) is 32.4. The molecule has 0 amide bonds. The summed E-state index contributed by atoms with van der Waals surface area (Å²) in [6, 6.07) is 41.2. The largest absolute Gasteiger partial charge is 0.409 e. The second-order valence-electron chi connectivity index (χ2n) is 26.8. The molecule has 0 aliphatic carbocycles. The third kappa shape index (κ3) is 17.3. The number of oxime groups is 1. The van der Waals surface area contributed by atoms with Crippen molar-refractivity contribution in [2.45, 2.75) is 93.4 Å². The molecule has 0 saturated heterocycles. The van der Waals surface area contributed by atoms with Crippen molar-refractivity contribution in [2.75, 3.05) is 22.9 Å². The first kappa shape index (κ1) is 76.7. The van der Waals surface area contributed by atoms with E-state index in [1.807, 2.05) is 121 Å². The molecule has 0 radical (unpaired) electrons. The molecule has 0 atom stereocenters. The number of esters is 2. The normalized spacial score (nSPS) is 12.1. The van der Waals surface area contributed by atoms with Crippen LogP contribution in [0.1, 0.15) is 80.7 Å². The number of aromatic nitrogens is 16. The highest BCUT2D eigenvalue weighted by molar-refractivity contribution is 6.76. The molecule has 8 aromatic heterocycles. The summed E-state index contributed by atoms with van der Waals surface area (Å²) in [6.45, 7) is 20.2. The highest BCUT2D eigenvalue weighted by atomic mass is 35.6. The smallest absolute Gasteiger partial charge is 0.366 e. The molecule has 0 fully saturated rings. The van der Waals surface area contributed by atoms with Crippen LogP contribution in [-0.4, -0.2) is 106 Å². The molecule has 14 aromatic rings. The fourth-order valence-electron chi connectivity index (χ4n) is 11.5. The van der Waals surface area contributed by atoms with Gasteiger partial charge >= 0.3 is 18.0 Å². The van der Waals surface area contributed by atoms with Gasteiger partial charge in [0, 0.05) is 111 Å². The SMILES string of the molecule is CC(=O)OC(=O)C(Cl)(Cl)Cl.CC(C)(C)n1c(-c2ccccc2-c2noc(C(Cl)(Cl)Cl)n2)nc2cc(-c3cnc(N)nc3)ccc21.CC(C)(C)n1c(-c2ccccc2-c2noc(N)n2)nc2cc(-c3cnc(N)nc3)ccc21.CC(C)(C)n1c(-c2ccccc2C(N)=NO)nc2cc(-c3cnc(N)nc3)ccc21. The quantitative estimate of drug-likeness (QED) is 0.0149. The van der Waals surface area contributed by atoms with Crippen LogP contribution in [0, 0.1) is 0 Å². The van der Waals surface area contributed by atoms with Gasteiger partial charge in [-0.25, -0.2) is 49.7 Å². The predicted octanol–water partition coefficient (Wildman–Crippen LogP) is 15.5. The number of hydrogen-bond acceptors (Lipinski definition) is 24. The van der Waals surface area contributed by atoms with Gasteiger partial charge in [-0.2, -0.15) is 9.97 Å². The number of nitrogens with two attached hydrogens (primary N) is 5. The number of alkyl halides is 6. The molecule has 8 heterocycles. The zero-order chi connectivity index (χ0) is 77.2. The lowest BCUT2D eigenvalue weighted by Crippen LogP contribution is -2.23. The van der Waals surface area contributed by atoms with E-state index in [2.05, 4.69) is 142 Å². The van der Waals surface area contributed by atoms with Gasteiger partial charge in [0.15, 0.2) is 5.84 Å². The van der Waals surface area contributed by atoms with Gasteiger partial charge in [0.2, 0.25) is 29.5 Å². The second kappa shape index (κ2) is 30.6. The van der Waals surface area contributed by atoms with Crippen molar-refractivity contribution >= 4 is 144 Å². The molecular formula is C73H68Cl6N22O6. The topological polar surface area (TPSA) is 415 Å².